The highest BCUT2D eigenvalue weighted by Gasteiger charge is 2.29. The van der Waals surface area contributed by atoms with Crippen molar-refractivity contribution in [2.45, 2.75) is 58.7 Å². The van der Waals surface area contributed by atoms with Gasteiger partial charge in [0.05, 0.1) is 11.9 Å². The number of amides is 2. The molecule has 0 bridgehead atoms. The summed E-state index contributed by atoms with van der Waals surface area (Å²) in [6.45, 7) is 6.08. The summed E-state index contributed by atoms with van der Waals surface area (Å²) in [5, 5.41) is 3.41. The molecular weight excluding hydrogens is 474 g/mol. The zero-order valence-corrected chi connectivity index (χ0v) is 21.8. The second kappa shape index (κ2) is 12.8. The van der Waals surface area contributed by atoms with E-state index in [4.69, 9.17) is 11.6 Å². The van der Waals surface area contributed by atoms with Gasteiger partial charge in [-0.3, -0.25) is 13.9 Å². The van der Waals surface area contributed by atoms with E-state index in [1.54, 1.807) is 29.2 Å². The van der Waals surface area contributed by atoms with Crippen LogP contribution in [-0.4, -0.2) is 50.0 Å². The standard InChI is InChI=1S/C25H34ClN3O4S/c1-5-23(25(31)27-19(2)3)28(18-20-10-7-6-8-11-20)24(30)12-9-17-29(34(4,32)33)22-15-13-21(26)14-16-22/h6-8,10-11,13-16,19,23H,5,9,12,17-18H2,1-4H3,(H,27,31)/t23-/m1/s1. The summed E-state index contributed by atoms with van der Waals surface area (Å²) >= 11 is 5.93. The highest BCUT2D eigenvalue weighted by atomic mass is 35.5. The van der Waals surface area contributed by atoms with E-state index in [0.29, 0.717) is 30.1 Å². The first-order chi connectivity index (χ1) is 16.0. The molecule has 0 saturated carbocycles. The number of benzene rings is 2. The second-order valence-corrected chi connectivity index (χ2v) is 10.9. The molecule has 0 fully saturated rings. The van der Waals surface area contributed by atoms with Crippen LogP contribution in [0.15, 0.2) is 54.6 Å². The average Bonchev–Trinajstić information content (AvgIpc) is 2.76. The van der Waals surface area contributed by atoms with E-state index in [0.717, 1.165) is 11.8 Å². The molecule has 0 aliphatic rings. The molecule has 0 aliphatic heterocycles. The normalized spacial score (nSPS) is 12.3. The number of carbonyl (C=O) groups excluding carboxylic acids is 2. The minimum Gasteiger partial charge on any atom is -0.352 e. The van der Waals surface area contributed by atoms with Gasteiger partial charge in [-0.15, -0.1) is 0 Å². The maximum absolute atomic E-state index is 13.3. The summed E-state index contributed by atoms with van der Waals surface area (Å²) in [5.41, 5.74) is 1.41. The molecule has 2 aromatic carbocycles. The Morgan fingerprint density at radius 1 is 1.03 bits per heavy atom. The Bertz CT molecular complexity index is 1040. The quantitative estimate of drug-likeness (QED) is 0.466. The Morgan fingerprint density at radius 2 is 1.65 bits per heavy atom. The van der Waals surface area contributed by atoms with Crippen LogP contribution in [0.2, 0.25) is 5.02 Å². The van der Waals surface area contributed by atoms with Gasteiger partial charge in [-0.25, -0.2) is 8.42 Å². The highest BCUT2D eigenvalue weighted by molar-refractivity contribution is 7.92. The van der Waals surface area contributed by atoms with E-state index in [2.05, 4.69) is 5.32 Å². The van der Waals surface area contributed by atoms with E-state index < -0.39 is 16.1 Å². The lowest BCUT2D eigenvalue weighted by molar-refractivity contribution is -0.141. The molecule has 2 aromatic rings. The number of carbonyl (C=O) groups is 2. The number of sulfonamides is 1. The van der Waals surface area contributed by atoms with Crippen molar-refractivity contribution in [2.24, 2.45) is 0 Å². The molecule has 2 amide bonds. The van der Waals surface area contributed by atoms with Crippen molar-refractivity contribution >= 4 is 39.1 Å². The fraction of sp³-hybridized carbons (Fsp3) is 0.440. The molecule has 186 valence electrons. The molecule has 0 unspecified atom stereocenters. The predicted molar refractivity (Wildman–Crippen MR) is 137 cm³/mol. The lowest BCUT2D eigenvalue weighted by Gasteiger charge is -2.31. The molecule has 1 atom stereocenters. The van der Waals surface area contributed by atoms with Crippen molar-refractivity contribution in [3.8, 4) is 0 Å². The van der Waals surface area contributed by atoms with Crippen LogP contribution in [0.1, 0.15) is 45.6 Å². The third-order valence-electron chi connectivity index (χ3n) is 5.28. The fourth-order valence-electron chi connectivity index (χ4n) is 3.69. The van der Waals surface area contributed by atoms with Gasteiger partial charge >= 0.3 is 0 Å². The van der Waals surface area contributed by atoms with Crippen LogP contribution in [0, 0.1) is 0 Å². The van der Waals surface area contributed by atoms with Gasteiger partial charge in [-0.2, -0.15) is 0 Å². The highest BCUT2D eigenvalue weighted by Crippen LogP contribution is 2.21. The Balaban J connectivity index is 2.18. The van der Waals surface area contributed by atoms with Gasteiger partial charge in [-0.05, 0) is 56.5 Å². The number of nitrogens with one attached hydrogen (secondary N) is 1. The second-order valence-electron chi connectivity index (χ2n) is 8.51. The summed E-state index contributed by atoms with van der Waals surface area (Å²) in [7, 11) is -3.54. The van der Waals surface area contributed by atoms with E-state index in [-0.39, 0.29) is 30.8 Å². The molecule has 0 radical (unpaired) electrons. The molecule has 0 aromatic heterocycles. The molecule has 0 aliphatic carbocycles. The Morgan fingerprint density at radius 3 is 2.18 bits per heavy atom. The molecule has 7 nitrogen and oxygen atoms in total. The molecule has 1 N–H and O–H groups in total. The van der Waals surface area contributed by atoms with Crippen molar-refractivity contribution in [1.29, 1.82) is 0 Å². The van der Waals surface area contributed by atoms with Gasteiger partial charge in [0, 0.05) is 30.6 Å². The van der Waals surface area contributed by atoms with Crippen LogP contribution >= 0.6 is 11.6 Å². The number of halogens is 1. The Labute approximate surface area is 208 Å². The maximum Gasteiger partial charge on any atom is 0.243 e. The molecule has 0 saturated heterocycles. The Kier molecular flexibility index (Phi) is 10.4. The zero-order valence-electron chi connectivity index (χ0n) is 20.2. The van der Waals surface area contributed by atoms with Crippen molar-refractivity contribution in [2.75, 3.05) is 17.1 Å². The zero-order chi connectivity index (χ0) is 25.3. The molecular formula is C25H34ClN3O4S. The molecule has 34 heavy (non-hydrogen) atoms. The minimum absolute atomic E-state index is 0.0436. The van der Waals surface area contributed by atoms with Crippen LogP contribution in [0.5, 0.6) is 0 Å². The lowest BCUT2D eigenvalue weighted by atomic mass is 10.1. The lowest BCUT2D eigenvalue weighted by Crippen LogP contribution is -2.50. The number of anilines is 1. The number of rotatable bonds is 12. The van der Waals surface area contributed by atoms with Crippen molar-refractivity contribution in [1.82, 2.24) is 10.2 Å². The van der Waals surface area contributed by atoms with Crippen molar-refractivity contribution in [3.05, 3.63) is 65.2 Å². The first-order valence-electron chi connectivity index (χ1n) is 11.4. The largest absolute Gasteiger partial charge is 0.352 e. The third kappa shape index (κ3) is 8.33. The number of hydrogen-bond donors (Lipinski definition) is 1. The number of hydrogen-bond acceptors (Lipinski definition) is 4. The van der Waals surface area contributed by atoms with E-state index in [9.17, 15) is 18.0 Å². The van der Waals surface area contributed by atoms with Gasteiger partial charge in [-0.1, -0.05) is 48.9 Å². The minimum atomic E-state index is -3.54. The van der Waals surface area contributed by atoms with E-state index in [1.807, 2.05) is 51.1 Å². The molecule has 0 spiro atoms. The van der Waals surface area contributed by atoms with E-state index >= 15 is 0 Å². The number of nitrogens with zero attached hydrogens (tertiary/aromatic N) is 2. The maximum atomic E-state index is 13.3. The molecule has 0 heterocycles. The van der Waals surface area contributed by atoms with Crippen LogP contribution < -0.4 is 9.62 Å². The molecule has 2 rings (SSSR count). The first-order valence-corrected chi connectivity index (χ1v) is 13.6. The van der Waals surface area contributed by atoms with Crippen LogP contribution in [-0.2, 0) is 26.2 Å². The van der Waals surface area contributed by atoms with Gasteiger partial charge in [0.15, 0.2) is 0 Å². The Hall–Kier alpha value is -2.58. The smallest absolute Gasteiger partial charge is 0.243 e. The van der Waals surface area contributed by atoms with Gasteiger partial charge in [0.25, 0.3) is 0 Å². The monoisotopic (exact) mass is 507 g/mol. The van der Waals surface area contributed by atoms with Crippen LogP contribution in [0.3, 0.4) is 0 Å². The van der Waals surface area contributed by atoms with Crippen LogP contribution in [0.4, 0.5) is 5.69 Å². The third-order valence-corrected chi connectivity index (χ3v) is 6.73. The summed E-state index contributed by atoms with van der Waals surface area (Å²) in [5.74, 6) is -0.389. The summed E-state index contributed by atoms with van der Waals surface area (Å²) in [6, 6.07) is 15.4. The predicted octanol–water partition coefficient (Wildman–Crippen LogP) is 4.22. The van der Waals surface area contributed by atoms with Gasteiger partial charge < -0.3 is 10.2 Å². The summed E-state index contributed by atoms with van der Waals surface area (Å²) < 4.78 is 26.0. The van der Waals surface area contributed by atoms with Gasteiger partial charge in [0.1, 0.15) is 6.04 Å². The molecule has 9 heteroatoms. The SMILES string of the molecule is CC[C@H](C(=O)NC(C)C)N(Cc1ccccc1)C(=O)CCCN(c1ccc(Cl)cc1)S(C)(=O)=O. The van der Waals surface area contributed by atoms with Gasteiger partial charge in [0.2, 0.25) is 21.8 Å². The van der Waals surface area contributed by atoms with Crippen LogP contribution in [0.25, 0.3) is 0 Å². The fourth-order valence-corrected chi connectivity index (χ4v) is 4.78. The summed E-state index contributed by atoms with van der Waals surface area (Å²) in [6.07, 6.45) is 2.02. The van der Waals surface area contributed by atoms with Crippen molar-refractivity contribution in [3.63, 3.8) is 0 Å². The van der Waals surface area contributed by atoms with E-state index in [1.165, 1.54) is 4.31 Å². The first kappa shape index (κ1) is 27.7. The summed E-state index contributed by atoms with van der Waals surface area (Å²) in [4.78, 5) is 27.8. The topological polar surface area (TPSA) is 86.8 Å². The average molecular weight is 508 g/mol. The van der Waals surface area contributed by atoms with Crippen molar-refractivity contribution < 1.29 is 18.0 Å².